The largest absolute Gasteiger partial charge is 0.393 e. The van der Waals surface area contributed by atoms with E-state index in [4.69, 9.17) is 0 Å². The van der Waals surface area contributed by atoms with Gasteiger partial charge >= 0.3 is 0 Å². The second kappa shape index (κ2) is 7.94. The van der Waals surface area contributed by atoms with Gasteiger partial charge in [0, 0.05) is 5.92 Å². The molecule has 178 valence electrons. The highest BCUT2D eigenvalue weighted by Gasteiger charge is 2.64. The van der Waals surface area contributed by atoms with Crippen LogP contribution in [0.25, 0.3) is 6.08 Å². The molecule has 1 aromatic rings. The zero-order chi connectivity index (χ0) is 23.6. The molecule has 33 heavy (non-hydrogen) atoms. The third-order valence-electron chi connectivity index (χ3n) is 10.9. The monoisotopic (exact) mass is 446 g/mol. The predicted octanol–water partition coefficient (Wildman–Crippen LogP) is 7.22. The molecule has 0 amide bonds. The fraction of sp³-hybridized carbons (Fsp3) is 0.645. The first-order valence-corrected chi connectivity index (χ1v) is 13.3. The first-order chi connectivity index (χ1) is 15.6. The fourth-order valence-electron chi connectivity index (χ4n) is 9.14. The minimum atomic E-state index is -0.153. The van der Waals surface area contributed by atoms with Crippen LogP contribution in [-0.4, -0.2) is 17.0 Å². The Labute approximate surface area is 200 Å². The number of carbonyl (C=O) groups excluding carboxylic acids is 1. The highest BCUT2D eigenvalue weighted by Crippen LogP contribution is 2.71. The molecule has 0 aromatic heterocycles. The highest BCUT2D eigenvalue weighted by molar-refractivity contribution is 5.96. The van der Waals surface area contributed by atoms with Crippen molar-refractivity contribution < 1.29 is 9.90 Å². The maximum Gasteiger partial charge on any atom is 0.159 e. The third kappa shape index (κ3) is 3.42. The van der Waals surface area contributed by atoms with Gasteiger partial charge in [-0.15, -0.1) is 0 Å². The third-order valence-corrected chi connectivity index (χ3v) is 10.9. The maximum absolute atomic E-state index is 13.6. The number of fused-ring (bicyclic) bond motifs is 5. The number of aliphatic hydroxyl groups excluding tert-OH is 1. The summed E-state index contributed by atoms with van der Waals surface area (Å²) in [6.45, 7) is 11.7. The van der Waals surface area contributed by atoms with Gasteiger partial charge in [-0.25, -0.2) is 0 Å². The van der Waals surface area contributed by atoms with E-state index in [-0.39, 0.29) is 28.3 Å². The number of aliphatic hydroxyl groups is 1. The van der Waals surface area contributed by atoms with Gasteiger partial charge in [0.2, 0.25) is 0 Å². The van der Waals surface area contributed by atoms with Gasteiger partial charge in [0.15, 0.2) is 5.78 Å². The fourth-order valence-corrected chi connectivity index (χ4v) is 9.14. The van der Waals surface area contributed by atoms with Gasteiger partial charge < -0.3 is 5.11 Å². The van der Waals surface area contributed by atoms with Crippen LogP contribution >= 0.6 is 0 Å². The summed E-state index contributed by atoms with van der Waals surface area (Å²) in [5.41, 5.74) is 5.78. The number of hydrogen-bond acceptors (Lipinski definition) is 2. The predicted molar refractivity (Wildman–Crippen MR) is 136 cm³/mol. The average molecular weight is 447 g/mol. The number of ketones is 1. The molecule has 3 saturated carbocycles. The Morgan fingerprint density at radius 3 is 2.42 bits per heavy atom. The van der Waals surface area contributed by atoms with Crippen LogP contribution in [-0.2, 0) is 4.79 Å². The molecule has 7 atom stereocenters. The van der Waals surface area contributed by atoms with E-state index in [1.807, 2.05) is 6.08 Å². The van der Waals surface area contributed by atoms with E-state index in [2.05, 4.69) is 65.0 Å². The van der Waals surface area contributed by atoms with Crippen LogP contribution in [0.2, 0.25) is 0 Å². The van der Waals surface area contributed by atoms with Gasteiger partial charge in [0.25, 0.3) is 0 Å². The smallest absolute Gasteiger partial charge is 0.159 e. The molecular formula is C31H42O2. The molecule has 0 radical (unpaired) electrons. The molecular weight excluding hydrogens is 404 g/mol. The second-order valence-corrected chi connectivity index (χ2v) is 12.6. The quantitative estimate of drug-likeness (QED) is 0.393. The standard InChI is InChI=1S/C31H42O2/c1-20-7-6-8-21(2)24(20)9-11-26(33)25-10-12-27-30(25,4)18-15-28-29(3)17-14-23(32)19-22(29)13-16-31(27,28)5/h6-9,11,13,23,25,27-28,32H,10,12,14-19H2,1-5H3/b11-9+/t23-,25+,27+,28+,29-,30+,31-/m0/s1. The molecule has 0 saturated heterocycles. The Morgan fingerprint density at radius 2 is 1.70 bits per heavy atom. The SMILES string of the molecule is Cc1cccc(C)c1/C=C/C(=O)[C@H]1CC[C@@H]2[C@]1(C)CC[C@H]1[C@@]2(C)CC=C2C[C@@H](O)CC[C@@]21C. The minimum Gasteiger partial charge on any atom is -0.393 e. The van der Waals surface area contributed by atoms with E-state index < -0.39 is 0 Å². The number of benzene rings is 1. The molecule has 0 aliphatic heterocycles. The molecule has 0 spiro atoms. The van der Waals surface area contributed by atoms with Crippen LogP contribution in [0.5, 0.6) is 0 Å². The average Bonchev–Trinajstić information content (AvgIpc) is 3.12. The van der Waals surface area contributed by atoms with Gasteiger partial charge in [-0.1, -0.05) is 56.7 Å². The molecule has 1 N–H and O–H groups in total. The van der Waals surface area contributed by atoms with Crippen LogP contribution in [0, 0.1) is 47.8 Å². The zero-order valence-electron chi connectivity index (χ0n) is 21.3. The lowest BCUT2D eigenvalue weighted by atomic mass is 9.41. The molecule has 2 heteroatoms. The van der Waals surface area contributed by atoms with E-state index in [9.17, 15) is 9.90 Å². The van der Waals surface area contributed by atoms with Crippen molar-refractivity contribution in [1.29, 1.82) is 0 Å². The number of carbonyl (C=O) groups is 1. The van der Waals surface area contributed by atoms with Gasteiger partial charge in [0.05, 0.1) is 6.10 Å². The Balaban J connectivity index is 1.41. The van der Waals surface area contributed by atoms with Gasteiger partial charge in [-0.3, -0.25) is 4.79 Å². The maximum atomic E-state index is 13.6. The molecule has 3 fully saturated rings. The van der Waals surface area contributed by atoms with E-state index in [0.717, 1.165) is 38.5 Å². The number of allylic oxidation sites excluding steroid dienone is 2. The summed E-state index contributed by atoms with van der Waals surface area (Å²) in [5.74, 6) is 1.76. The summed E-state index contributed by atoms with van der Waals surface area (Å²) < 4.78 is 0. The molecule has 0 bridgehead atoms. The molecule has 0 heterocycles. The summed E-state index contributed by atoms with van der Waals surface area (Å²) >= 11 is 0. The van der Waals surface area contributed by atoms with E-state index >= 15 is 0 Å². The van der Waals surface area contributed by atoms with Crippen LogP contribution in [0.1, 0.15) is 88.8 Å². The second-order valence-electron chi connectivity index (χ2n) is 12.6. The normalized spacial score (nSPS) is 42.4. The highest BCUT2D eigenvalue weighted by atomic mass is 16.3. The first-order valence-electron chi connectivity index (χ1n) is 13.3. The summed E-state index contributed by atoms with van der Waals surface area (Å²) in [5, 5.41) is 10.3. The van der Waals surface area contributed by atoms with Crippen molar-refractivity contribution in [3.05, 3.63) is 52.6 Å². The minimum absolute atomic E-state index is 0.101. The van der Waals surface area contributed by atoms with Crippen molar-refractivity contribution in [2.24, 2.45) is 34.0 Å². The van der Waals surface area contributed by atoms with Crippen LogP contribution < -0.4 is 0 Å². The lowest BCUT2D eigenvalue weighted by Gasteiger charge is -2.63. The Hall–Kier alpha value is -1.67. The summed E-state index contributed by atoms with van der Waals surface area (Å²) in [6, 6.07) is 6.34. The van der Waals surface area contributed by atoms with E-state index in [1.165, 1.54) is 35.1 Å². The van der Waals surface area contributed by atoms with Crippen LogP contribution in [0.4, 0.5) is 0 Å². The van der Waals surface area contributed by atoms with Crippen molar-refractivity contribution in [2.75, 3.05) is 0 Å². The molecule has 4 aliphatic carbocycles. The van der Waals surface area contributed by atoms with Crippen molar-refractivity contribution in [3.8, 4) is 0 Å². The molecule has 4 aliphatic rings. The van der Waals surface area contributed by atoms with Gasteiger partial charge in [-0.05, 0) is 116 Å². The molecule has 5 rings (SSSR count). The molecule has 0 unspecified atom stereocenters. The lowest BCUT2D eigenvalue weighted by Crippen LogP contribution is -2.56. The lowest BCUT2D eigenvalue weighted by molar-refractivity contribution is -0.132. The van der Waals surface area contributed by atoms with E-state index in [0.29, 0.717) is 17.6 Å². The topological polar surface area (TPSA) is 37.3 Å². The Kier molecular flexibility index (Phi) is 5.55. The number of hydrogen-bond donors (Lipinski definition) is 1. The van der Waals surface area contributed by atoms with Crippen molar-refractivity contribution in [1.82, 2.24) is 0 Å². The van der Waals surface area contributed by atoms with Gasteiger partial charge in [-0.2, -0.15) is 0 Å². The van der Waals surface area contributed by atoms with Crippen LogP contribution in [0.3, 0.4) is 0 Å². The van der Waals surface area contributed by atoms with Crippen LogP contribution in [0.15, 0.2) is 35.9 Å². The molecule has 1 aromatic carbocycles. The molecule has 2 nitrogen and oxygen atoms in total. The Morgan fingerprint density at radius 1 is 0.970 bits per heavy atom. The summed E-state index contributed by atoms with van der Waals surface area (Å²) in [6.07, 6.45) is 15.0. The Bertz CT molecular complexity index is 997. The van der Waals surface area contributed by atoms with Crippen molar-refractivity contribution in [2.45, 2.75) is 92.1 Å². The summed E-state index contributed by atoms with van der Waals surface area (Å²) in [4.78, 5) is 13.6. The zero-order valence-corrected chi connectivity index (χ0v) is 21.3. The van der Waals surface area contributed by atoms with Crippen molar-refractivity contribution in [3.63, 3.8) is 0 Å². The number of aryl methyl sites for hydroxylation is 2. The van der Waals surface area contributed by atoms with Gasteiger partial charge in [0.1, 0.15) is 0 Å². The number of rotatable bonds is 3. The van der Waals surface area contributed by atoms with Crippen molar-refractivity contribution >= 4 is 11.9 Å². The summed E-state index contributed by atoms with van der Waals surface area (Å²) in [7, 11) is 0. The van der Waals surface area contributed by atoms with E-state index in [1.54, 1.807) is 0 Å². The first kappa shape index (κ1) is 23.1.